The molecular weight excluding hydrogens is 612 g/mol. The molecule has 0 bridgehead atoms. The first-order valence-corrected chi connectivity index (χ1v) is 17.5. The Morgan fingerprint density at radius 3 is 2.64 bits per heavy atom. The molecule has 8 nitrogen and oxygen atoms in total. The minimum atomic E-state index is -1.46. The lowest BCUT2D eigenvalue weighted by atomic mass is 9.68. The van der Waals surface area contributed by atoms with Crippen molar-refractivity contribution in [3.8, 4) is 5.75 Å². The van der Waals surface area contributed by atoms with E-state index in [0.717, 1.165) is 68.1 Å². The third-order valence-electron chi connectivity index (χ3n) is 9.15. The number of amides is 1. The number of methoxy groups -OCH3 is 1. The van der Waals surface area contributed by atoms with Crippen molar-refractivity contribution < 1.29 is 28.4 Å². The fraction of sp³-hybridized carbons (Fsp3) is 0.543. The minimum Gasteiger partial charge on any atom is -0.490 e. The standard InChI is InChI=1S/C32H41ClN2O4S.C3H6O2/c1-4-5-8-29(36)26-12-9-24(26)18-35-19-32(15-6-7-22-16-25(33)11-13-27(22)32)20-39-30-14-10-23(17-28(30)35)31(37)34-40(38)21(2)3;1-3(4)5-2/h5,8,10-11,13-14,16-17,21,24,26,29,36H,4,6-7,9,12,15,18-20H2,1-3H3,(H,34,37);1-2H3/b8-5+;/t24?,26?,29?,32-,40?;/m0./s1. The van der Waals surface area contributed by atoms with Crippen molar-refractivity contribution >= 4 is 40.2 Å². The van der Waals surface area contributed by atoms with Gasteiger partial charge < -0.3 is 19.5 Å². The van der Waals surface area contributed by atoms with Gasteiger partial charge in [0.05, 0.1) is 25.5 Å². The Kier molecular flexibility index (Phi) is 12.1. The largest absolute Gasteiger partial charge is 0.490 e. The number of halogens is 1. The summed E-state index contributed by atoms with van der Waals surface area (Å²) in [4.78, 5) is 25.0. The molecule has 1 fully saturated rings. The molecule has 0 radical (unpaired) electrons. The molecular formula is C35H47ClN2O6S. The quantitative estimate of drug-likeness (QED) is 0.259. The van der Waals surface area contributed by atoms with Gasteiger partial charge in [-0.15, -0.1) is 0 Å². The van der Waals surface area contributed by atoms with Crippen LogP contribution in [0.1, 0.15) is 81.3 Å². The molecule has 45 heavy (non-hydrogen) atoms. The summed E-state index contributed by atoms with van der Waals surface area (Å²) in [6.07, 6.45) is 9.57. The van der Waals surface area contributed by atoms with Crippen LogP contribution in [0.2, 0.25) is 5.02 Å². The zero-order valence-corrected chi connectivity index (χ0v) is 28.6. The SMILES string of the molecule is CC/C=C/C(O)C1CCC1CN1C[C@@]2(CCCc3cc(Cl)ccc32)COc2ccc(C(=O)NS(=O)C(C)C)cc21.COC(C)=O. The Morgan fingerprint density at radius 1 is 1.24 bits per heavy atom. The normalized spacial score (nSPS) is 23.4. The highest BCUT2D eigenvalue weighted by Gasteiger charge is 2.44. The number of nitrogens with one attached hydrogen (secondary N) is 1. The van der Waals surface area contributed by atoms with Gasteiger partial charge in [0.2, 0.25) is 0 Å². The molecule has 0 aromatic heterocycles. The smallest absolute Gasteiger partial charge is 0.302 e. The predicted octanol–water partition coefficient (Wildman–Crippen LogP) is 6.15. The third kappa shape index (κ3) is 8.48. The number of carbonyl (C=O) groups is 2. The van der Waals surface area contributed by atoms with Gasteiger partial charge in [0.25, 0.3) is 5.91 Å². The number of anilines is 1. The van der Waals surface area contributed by atoms with E-state index in [2.05, 4.69) is 33.4 Å². The van der Waals surface area contributed by atoms with E-state index in [1.807, 2.05) is 44.2 Å². The average Bonchev–Trinajstić information content (AvgIpc) is 3.15. The summed E-state index contributed by atoms with van der Waals surface area (Å²) in [6, 6.07) is 11.7. The number of aliphatic hydroxyl groups is 1. The molecule has 1 spiro atoms. The molecule has 0 saturated heterocycles. The molecule has 4 unspecified atom stereocenters. The summed E-state index contributed by atoms with van der Waals surface area (Å²) in [5.74, 6) is 0.697. The van der Waals surface area contributed by atoms with Crippen LogP contribution in [0.25, 0.3) is 0 Å². The van der Waals surface area contributed by atoms with Crippen LogP contribution >= 0.6 is 11.6 Å². The van der Waals surface area contributed by atoms with Crippen LogP contribution < -0.4 is 14.4 Å². The summed E-state index contributed by atoms with van der Waals surface area (Å²) < 4.78 is 25.6. The van der Waals surface area contributed by atoms with Crippen molar-refractivity contribution in [3.05, 3.63) is 70.3 Å². The minimum absolute atomic E-state index is 0.173. The third-order valence-corrected chi connectivity index (χ3v) is 10.6. The molecule has 1 heterocycles. The number of aliphatic hydroxyl groups excluding tert-OH is 1. The fourth-order valence-corrected chi connectivity index (χ4v) is 7.23. The Balaban J connectivity index is 0.000000854. The summed E-state index contributed by atoms with van der Waals surface area (Å²) >= 11 is 6.39. The number of nitrogens with zero attached hydrogens (tertiary/aromatic N) is 1. The number of esters is 1. The molecule has 2 N–H and O–H groups in total. The lowest BCUT2D eigenvalue weighted by molar-refractivity contribution is -0.137. The van der Waals surface area contributed by atoms with Crippen molar-refractivity contribution in [2.45, 2.75) is 83.0 Å². The zero-order chi connectivity index (χ0) is 32.7. The predicted molar refractivity (Wildman–Crippen MR) is 180 cm³/mol. The number of ether oxygens (including phenoxy) is 2. The fourth-order valence-electron chi connectivity index (χ4n) is 6.50. The molecule has 2 aliphatic carbocycles. The molecule has 5 rings (SSSR count). The Labute approximate surface area is 275 Å². The number of allylic oxidation sites excluding steroid dienone is 1. The second kappa shape index (κ2) is 15.6. The van der Waals surface area contributed by atoms with E-state index in [1.165, 1.54) is 25.2 Å². The van der Waals surface area contributed by atoms with E-state index in [9.17, 15) is 18.9 Å². The average molecular weight is 659 g/mol. The first-order valence-electron chi connectivity index (χ1n) is 15.9. The van der Waals surface area contributed by atoms with Crippen molar-refractivity contribution in [2.24, 2.45) is 11.8 Å². The number of benzene rings is 2. The Morgan fingerprint density at radius 2 is 2.00 bits per heavy atom. The molecule has 2 aromatic carbocycles. The highest BCUT2D eigenvalue weighted by Crippen LogP contribution is 2.46. The number of hydrogen-bond donors (Lipinski definition) is 2. The van der Waals surface area contributed by atoms with Gasteiger partial charge in [0.15, 0.2) is 0 Å². The number of aryl methyl sites for hydroxylation is 1. The second-order valence-corrected chi connectivity index (χ2v) is 14.8. The highest BCUT2D eigenvalue weighted by atomic mass is 35.5. The van der Waals surface area contributed by atoms with E-state index in [0.29, 0.717) is 18.1 Å². The van der Waals surface area contributed by atoms with Gasteiger partial charge in [-0.25, -0.2) is 4.21 Å². The van der Waals surface area contributed by atoms with E-state index in [1.54, 1.807) is 6.07 Å². The first kappa shape index (κ1) is 35.0. The van der Waals surface area contributed by atoms with E-state index < -0.39 is 17.1 Å². The van der Waals surface area contributed by atoms with Gasteiger partial charge in [0.1, 0.15) is 16.7 Å². The van der Waals surface area contributed by atoms with Gasteiger partial charge in [-0.1, -0.05) is 36.7 Å². The molecule has 1 saturated carbocycles. The van der Waals surface area contributed by atoms with Crippen LogP contribution in [0, 0.1) is 11.8 Å². The molecule has 1 amide bonds. The molecule has 10 heteroatoms. The van der Waals surface area contributed by atoms with Gasteiger partial charge >= 0.3 is 5.97 Å². The summed E-state index contributed by atoms with van der Waals surface area (Å²) in [5.41, 5.74) is 3.71. The van der Waals surface area contributed by atoms with Gasteiger partial charge in [0, 0.05) is 41.3 Å². The number of rotatable bonds is 8. The topological polar surface area (TPSA) is 105 Å². The maximum Gasteiger partial charge on any atom is 0.302 e. The second-order valence-electron chi connectivity index (χ2n) is 12.6. The van der Waals surface area contributed by atoms with Crippen molar-refractivity contribution in [1.29, 1.82) is 0 Å². The van der Waals surface area contributed by atoms with Crippen LogP contribution in [0.5, 0.6) is 5.75 Å². The number of carbonyl (C=O) groups excluding carboxylic acids is 2. The van der Waals surface area contributed by atoms with Crippen molar-refractivity contribution in [1.82, 2.24) is 4.72 Å². The molecule has 246 valence electrons. The number of fused-ring (bicyclic) bond motifs is 3. The summed E-state index contributed by atoms with van der Waals surface area (Å²) in [6.45, 7) is 9.14. The van der Waals surface area contributed by atoms with Gasteiger partial charge in [-0.2, -0.15) is 0 Å². The van der Waals surface area contributed by atoms with Crippen LogP contribution in [-0.2, 0) is 32.4 Å². The van der Waals surface area contributed by atoms with Crippen LogP contribution in [-0.4, -0.2) is 59.4 Å². The molecule has 1 aliphatic heterocycles. The molecule has 5 atom stereocenters. The van der Waals surface area contributed by atoms with Crippen LogP contribution in [0.15, 0.2) is 48.6 Å². The zero-order valence-electron chi connectivity index (χ0n) is 27.0. The van der Waals surface area contributed by atoms with E-state index in [4.69, 9.17) is 16.3 Å². The Bertz CT molecular complexity index is 1410. The van der Waals surface area contributed by atoms with E-state index >= 15 is 0 Å². The van der Waals surface area contributed by atoms with Crippen LogP contribution in [0.4, 0.5) is 5.69 Å². The number of hydrogen-bond acceptors (Lipinski definition) is 7. The summed E-state index contributed by atoms with van der Waals surface area (Å²) in [5, 5.41) is 11.5. The van der Waals surface area contributed by atoms with Crippen LogP contribution in [0.3, 0.4) is 0 Å². The monoisotopic (exact) mass is 658 g/mol. The Hall–Kier alpha value is -2.88. The highest BCUT2D eigenvalue weighted by molar-refractivity contribution is 7.84. The lowest BCUT2D eigenvalue weighted by Crippen LogP contribution is -2.49. The maximum atomic E-state index is 13.0. The van der Waals surface area contributed by atoms with Crippen molar-refractivity contribution in [3.63, 3.8) is 0 Å². The van der Waals surface area contributed by atoms with Crippen molar-refractivity contribution in [2.75, 3.05) is 31.7 Å². The van der Waals surface area contributed by atoms with Gasteiger partial charge in [-0.05, 0) is 106 Å². The maximum absolute atomic E-state index is 13.0. The molecule has 2 aromatic rings. The lowest BCUT2D eigenvalue weighted by Gasteiger charge is -2.45. The summed E-state index contributed by atoms with van der Waals surface area (Å²) in [7, 11) is -0.106. The first-order chi connectivity index (χ1) is 21.5. The van der Waals surface area contributed by atoms with E-state index in [-0.39, 0.29) is 28.5 Å². The van der Waals surface area contributed by atoms with Gasteiger partial charge in [-0.3, -0.25) is 14.3 Å². The molecule has 3 aliphatic rings.